The molecule has 1 aliphatic carbocycles. The normalized spacial score (nSPS) is 20.7. The Morgan fingerprint density at radius 3 is 2.81 bits per heavy atom. The molecule has 0 aliphatic heterocycles. The third-order valence-electron chi connectivity index (χ3n) is 3.77. The van der Waals surface area contributed by atoms with Crippen molar-refractivity contribution in [3.63, 3.8) is 0 Å². The summed E-state index contributed by atoms with van der Waals surface area (Å²) in [6, 6.07) is 3.84. The summed E-state index contributed by atoms with van der Waals surface area (Å²) in [7, 11) is 1.66. The quantitative estimate of drug-likeness (QED) is 0.784. The maximum Gasteiger partial charge on any atom is 0.303 e. The van der Waals surface area contributed by atoms with Gasteiger partial charge < -0.3 is 14.4 Å². The number of rotatable bonds is 7. The minimum Gasteiger partial charge on any atom is -0.481 e. The molecular formula is C16H21NO4. The molecule has 0 bridgehead atoms. The van der Waals surface area contributed by atoms with Gasteiger partial charge in [-0.05, 0) is 37.0 Å². The number of furan rings is 1. The van der Waals surface area contributed by atoms with Crippen molar-refractivity contribution in [2.75, 3.05) is 13.6 Å². The average Bonchev–Trinajstić information content (AvgIpc) is 2.98. The van der Waals surface area contributed by atoms with Crippen molar-refractivity contribution in [1.82, 2.24) is 4.90 Å². The number of nitrogens with zero attached hydrogens (tertiary/aromatic N) is 1. The predicted molar refractivity (Wildman–Crippen MR) is 78.8 cm³/mol. The standard InChI is InChI=1S/C16H21NO4/c1-11-10-13(11)14-7-5-12(21-14)6-8-15(18)17(2)9-3-4-16(19)20/h5-8,11,13H,3-4,9-10H2,1-2H3,(H,19,20)/b8-6+. The highest BCUT2D eigenvalue weighted by atomic mass is 16.4. The fourth-order valence-corrected chi connectivity index (χ4v) is 2.23. The summed E-state index contributed by atoms with van der Waals surface area (Å²) in [5.41, 5.74) is 0. The van der Waals surface area contributed by atoms with Crippen molar-refractivity contribution in [3.8, 4) is 0 Å². The van der Waals surface area contributed by atoms with Crippen LogP contribution in [-0.2, 0) is 9.59 Å². The molecule has 0 radical (unpaired) electrons. The second-order valence-corrected chi connectivity index (χ2v) is 5.65. The van der Waals surface area contributed by atoms with Gasteiger partial charge in [-0.1, -0.05) is 6.92 Å². The molecule has 5 heteroatoms. The number of hydrogen-bond acceptors (Lipinski definition) is 3. The summed E-state index contributed by atoms with van der Waals surface area (Å²) in [5, 5.41) is 8.56. The van der Waals surface area contributed by atoms with Gasteiger partial charge in [-0.2, -0.15) is 0 Å². The maximum atomic E-state index is 11.8. The first kappa shape index (κ1) is 15.4. The number of amides is 1. The molecule has 2 rings (SSSR count). The SMILES string of the molecule is CC1CC1c1ccc(/C=C/C(=O)N(C)CCCC(=O)O)o1. The molecule has 2 atom stereocenters. The number of carboxylic acids is 1. The van der Waals surface area contributed by atoms with Gasteiger partial charge >= 0.3 is 5.97 Å². The Bertz CT molecular complexity index is 546. The number of carbonyl (C=O) groups excluding carboxylic acids is 1. The molecule has 1 N–H and O–H groups in total. The van der Waals surface area contributed by atoms with Crippen molar-refractivity contribution in [1.29, 1.82) is 0 Å². The molecule has 1 aromatic rings. The number of aliphatic carboxylic acids is 1. The monoisotopic (exact) mass is 291 g/mol. The van der Waals surface area contributed by atoms with Crippen LogP contribution in [0.2, 0.25) is 0 Å². The molecule has 114 valence electrons. The molecule has 0 aromatic carbocycles. The van der Waals surface area contributed by atoms with E-state index < -0.39 is 5.97 Å². The lowest BCUT2D eigenvalue weighted by Gasteiger charge is -2.13. The number of hydrogen-bond donors (Lipinski definition) is 1. The molecule has 0 saturated heterocycles. The van der Waals surface area contributed by atoms with E-state index in [9.17, 15) is 9.59 Å². The number of carboxylic acid groups (broad SMARTS) is 1. The van der Waals surface area contributed by atoms with Crippen LogP contribution in [0.4, 0.5) is 0 Å². The van der Waals surface area contributed by atoms with Crippen LogP contribution in [0.1, 0.15) is 43.6 Å². The van der Waals surface area contributed by atoms with E-state index in [1.54, 1.807) is 13.1 Å². The lowest BCUT2D eigenvalue weighted by Crippen LogP contribution is -2.26. The Morgan fingerprint density at radius 2 is 2.19 bits per heavy atom. The number of likely N-dealkylation sites (N-methyl/N-ethyl adjacent to an activating group) is 1. The highest BCUT2D eigenvalue weighted by Gasteiger charge is 2.36. The maximum absolute atomic E-state index is 11.8. The van der Waals surface area contributed by atoms with Gasteiger partial charge in [0.15, 0.2) is 0 Å². The average molecular weight is 291 g/mol. The summed E-state index contributed by atoms with van der Waals surface area (Å²) in [4.78, 5) is 23.8. The largest absolute Gasteiger partial charge is 0.481 e. The molecular weight excluding hydrogens is 270 g/mol. The van der Waals surface area contributed by atoms with Crippen LogP contribution < -0.4 is 0 Å². The van der Waals surface area contributed by atoms with Gasteiger partial charge in [0, 0.05) is 32.0 Å². The Morgan fingerprint density at radius 1 is 1.48 bits per heavy atom. The molecule has 5 nitrogen and oxygen atoms in total. The smallest absolute Gasteiger partial charge is 0.303 e. The fraction of sp³-hybridized carbons (Fsp3) is 0.500. The summed E-state index contributed by atoms with van der Waals surface area (Å²) in [6.07, 6.45) is 4.81. The first-order chi connectivity index (χ1) is 9.97. The molecule has 1 heterocycles. The first-order valence-corrected chi connectivity index (χ1v) is 7.22. The van der Waals surface area contributed by atoms with Gasteiger partial charge in [0.25, 0.3) is 0 Å². The molecule has 0 spiro atoms. The van der Waals surface area contributed by atoms with Crippen LogP contribution in [0.15, 0.2) is 22.6 Å². The zero-order chi connectivity index (χ0) is 15.4. The molecule has 2 unspecified atom stereocenters. The molecule has 1 aromatic heterocycles. The summed E-state index contributed by atoms with van der Waals surface area (Å²) < 4.78 is 5.69. The van der Waals surface area contributed by atoms with E-state index in [0.29, 0.717) is 30.6 Å². The minimum absolute atomic E-state index is 0.0719. The second kappa shape index (κ2) is 6.61. The van der Waals surface area contributed by atoms with E-state index in [0.717, 1.165) is 5.76 Å². The molecule has 1 saturated carbocycles. The highest BCUT2D eigenvalue weighted by Crippen LogP contribution is 2.47. The van der Waals surface area contributed by atoms with Crippen LogP contribution in [0.5, 0.6) is 0 Å². The third kappa shape index (κ3) is 4.48. The first-order valence-electron chi connectivity index (χ1n) is 7.22. The van der Waals surface area contributed by atoms with Crippen molar-refractivity contribution >= 4 is 18.0 Å². The molecule has 1 fully saturated rings. The van der Waals surface area contributed by atoms with E-state index in [1.165, 1.54) is 17.4 Å². The lowest BCUT2D eigenvalue weighted by atomic mass is 10.3. The molecule has 1 aliphatic rings. The second-order valence-electron chi connectivity index (χ2n) is 5.65. The minimum atomic E-state index is -0.844. The van der Waals surface area contributed by atoms with Gasteiger partial charge in [0.05, 0.1) is 0 Å². The summed E-state index contributed by atoms with van der Waals surface area (Å²) in [6.45, 7) is 2.62. The van der Waals surface area contributed by atoms with Gasteiger partial charge in [-0.15, -0.1) is 0 Å². The van der Waals surface area contributed by atoms with Crippen LogP contribution in [0.25, 0.3) is 6.08 Å². The van der Waals surface area contributed by atoms with Crippen molar-refractivity contribution in [3.05, 3.63) is 29.7 Å². The zero-order valence-electron chi connectivity index (χ0n) is 12.4. The van der Waals surface area contributed by atoms with E-state index >= 15 is 0 Å². The van der Waals surface area contributed by atoms with Crippen LogP contribution in [-0.4, -0.2) is 35.5 Å². The topological polar surface area (TPSA) is 70.8 Å². The fourth-order valence-electron chi connectivity index (χ4n) is 2.23. The summed E-state index contributed by atoms with van der Waals surface area (Å²) >= 11 is 0. The molecule has 21 heavy (non-hydrogen) atoms. The summed E-state index contributed by atoms with van der Waals surface area (Å²) in [5.74, 6) is 1.89. The Kier molecular flexibility index (Phi) is 4.83. The van der Waals surface area contributed by atoms with E-state index in [2.05, 4.69) is 6.92 Å². The molecule has 1 amide bonds. The van der Waals surface area contributed by atoms with Gasteiger partial charge in [0.1, 0.15) is 11.5 Å². The van der Waals surface area contributed by atoms with Gasteiger partial charge in [0.2, 0.25) is 5.91 Å². The van der Waals surface area contributed by atoms with E-state index in [-0.39, 0.29) is 12.3 Å². The van der Waals surface area contributed by atoms with E-state index in [4.69, 9.17) is 9.52 Å². The van der Waals surface area contributed by atoms with Gasteiger partial charge in [-0.3, -0.25) is 9.59 Å². The zero-order valence-corrected chi connectivity index (χ0v) is 12.4. The van der Waals surface area contributed by atoms with Crippen LogP contribution >= 0.6 is 0 Å². The van der Waals surface area contributed by atoms with Gasteiger partial charge in [-0.25, -0.2) is 0 Å². The third-order valence-corrected chi connectivity index (χ3v) is 3.77. The van der Waals surface area contributed by atoms with Crippen LogP contribution in [0.3, 0.4) is 0 Å². The Labute approximate surface area is 124 Å². The van der Waals surface area contributed by atoms with Crippen molar-refractivity contribution in [2.24, 2.45) is 5.92 Å². The van der Waals surface area contributed by atoms with Crippen LogP contribution in [0, 0.1) is 5.92 Å². The Hall–Kier alpha value is -2.04. The Balaban J connectivity index is 1.80. The predicted octanol–water partition coefficient (Wildman–Crippen LogP) is 2.74. The van der Waals surface area contributed by atoms with Crippen molar-refractivity contribution in [2.45, 2.75) is 32.1 Å². The van der Waals surface area contributed by atoms with Crippen molar-refractivity contribution < 1.29 is 19.1 Å². The van der Waals surface area contributed by atoms with E-state index in [1.807, 2.05) is 12.1 Å². The highest BCUT2D eigenvalue weighted by molar-refractivity contribution is 5.91. The lowest BCUT2D eigenvalue weighted by molar-refractivity contribution is -0.137. The number of carbonyl (C=O) groups is 2.